The molecule has 4 heterocycles. The standard InChI is InChI=1S/C36H22O.C36H22S.C30H18O.C30H18S/c2*1-2-13-29-27(11-1)28-12-3-4-14-30(28)34-22-24(19-20-31(29)34)23-9-7-10-25(21-23)26-16-8-17-33-32-15-5-6-18-35(32)37-36(26)33;2*1-2-10-23-21(8-1)22-9-3-4-11-24(22)28-18-19(16-17-25(23)28)20-13-7-14-27-26-12-5-6-15-29(26)31-30(20)27/h2*1-22H;2*1-18H. The Morgan fingerprint density at radius 3 is 0.640 bits per heavy atom. The predicted molar refractivity (Wildman–Crippen MR) is 589 cm³/mol. The Kier molecular flexibility index (Phi) is 18.8. The molecule has 0 spiro atoms. The number of hydrogen-bond donors (Lipinski definition) is 0. The molecule has 30 aromatic rings. The lowest BCUT2D eigenvalue weighted by molar-refractivity contribution is 0.669. The molecule has 0 amide bonds. The Balaban J connectivity index is 0.0000000922. The zero-order valence-corrected chi connectivity index (χ0v) is 75.5. The van der Waals surface area contributed by atoms with Crippen molar-refractivity contribution in [3.8, 4) is 66.8 Å². The Morgan fingerprint density at radius 2 is 0.316 bits per heavy atom. The fraction of sp³-hybridized carbons (Fsp3) is 0. The highest BCUT2D eigenvalue weighted by atomic mass is 32.1. The second-order valence-corrected chi connectivity index (χ2v) is 37.8. The molecular weight excluding hydrogens is 1680 g/mol. The Hall–Kier alpha value is -17.1. The van der Waals surface area contributed by atoms with E-state index < -0.39 is 0 Å². The summed E-state index contributed by atoms with van der Waals surface area (Å²) in [5.74, 6) is 0. The van der Waals surface area contributed by atoms with Gasteiger partial charge in [-0.05, 0) is 246 Å². The van der Waals surface area contributed by atoms with Crippen LogP contribution in [0.3, 0.4) is 0 Å². The number of fused-ring (bicyclic) bond motifs is 36. The summed E-state index contributed by atoms with van der Waals surface area (Å²) in [6.45, 7) is 0. The van der Waals surface area contributed by atoms with Crippen LogP contribution in [0, 0.1) is 0 Å². The lowest BCUT2D eigenvalue weighted by atomic mass is 9.91. The Labute approximate surface area is 790 Å². The van der Waals surface area contributed by atoms with E-state index in [9.17, 15) is 0 Å². The normalized spacial score (nSPS) is 11.8. The molecule has 2 nitrogen and oxygen atoms in total. The molecule has 0 aliphatic heterocycles. The van der Waals surface area contributed by atoms with Crippen molar-refractivity contribution in [1.82, 2.24) is 0 Å². The van der Waals surface area contributed by atoms with Crippen LogP contribution in [0.2, 0.25) is 0 Å². The molecule has 632 valence electrons. The summed E-state index contributed by atoms with van der Waals surface area (Å²) in [7, 11) is 0. The van der Waals surface area contributed by atoms with Gasteiger partial charge in [-0.1, -0.05) is 425 Å². The Morgan fingerprint density at radius 1 is 0.118 bits per heavy atom. The summed E-state index contributed by atoms with van der Waals surface area (Å²) in [5.41, 5.74) is 18.4. The lowest BCUT2D eigenvalue weighted by Gasteiger charge is -2.12. The average molecular weight is 1760 g/mol. The van der Waals surface area contributed by atoms with Crippen molar-refractivity contribution < 1.29 is 8.83 Å². The molecule has 4 aromatic heterocycles. The summed E-state index contributed by atoms with van der Waals surface area (Å²) < 4.78 is 18.1. The molecule has 0 unspecified atom stereocenters. The molecule has 0 aliphatic carbocycles. The van der Waals surface area contributed by atoms with E-state index in [1.165, 1.54) is 220 Å². The Bertz CT molecular complexity index is 9460. The van der Waals surface area contributed by atoms with Crippen LogP contribution in [0.1, 0.15) is 0 Å². The second-order valence-electron chi connectivity index (χ2n) is 35.7. The summed E-state index contributed by atoms with van der Waals surface area (Å²) in [6.07, 6.45) is 0. The predicted octanol–water partition coefficient (Wildman–Crippen LogP) is 39.1. The van der Waals surface area contributed by atoms with Crippen LogP contribution in [0.4, 0.5) is 0 Å². The van der Waals surface area contributed by atoms with Gasteiger partial charge in [-0.2, -0.15) is 0 Å². The second kappa shape index (κ2) is 32.4. The topological polar surface area (TPSA) is 26.3 Å². The minimum Gasteiger partial charge on any atom is -0.455 e. The number of para-hydroxylation sites is 4. The van der Waals surface area contributed by atoms with Crippen LogP contribution >= 0.6 is 22.7 Å². The molecule has 0 radical (unpaired) electrons. The van der Waals surface area contributed by atoms with Gasteiger partial charge in [-0.3, -0.25) is 0 Å². The van der Waals surface area contributed by atoms with Crippen LogP contribution in [0.5, 0.6) is 0 Å². The summed E-state index contributed by atoms with van der Waals surface area (Å²) in [6, 6.07) is 176. The number of thiophene rings is 2. The maximum absolute atomic E-state index is 6.33. The van der Waals surface area contributed by atoms with Gasteiger partial charge in [0.2, 0.25) is 0 Å². The van der Waals surface area contributed by atoms with Crippen molar-refractivity contribution in [1.29, 1.82) is 0 Å². The SMILES string of the molecule is c1cc(-c2ccc3c4ccccc4c4ccccc4c3c2)cc(-c2cccc3c2oc2ccccc23)c1.c1cc(-c2ccc3c4ccccc4c4ccccc4c3c2)cc(-c2cccc3c2sc2ccccc23)c1.c1ccc2c(c1)oc1c(-c3ccc4c5ccccc5c5ccccc5c4c3)cccc12.c1ccc2c(c1)sc1c(-c3ccc4c5ccccc5c5ccccc5c4c3)cccc12. The van der Waals surface area contributed by atoms with Crippen LogP contribution in [-0.2, 0) is 0 Å². The first-order valence-corrected chi connectivity index (χ1v) is 48.3. The third kappa shape index (κ3) is 13.0. The molecule has 4 heteroatoms. The molecule has 136 heavy (non-hydrogen) atoms. The minimum atomic E-state index is 0.926. The van der Waals surface area contributed by atoms with Crippen molar-refractivity contribution in [3.05, 3.63) is 485 Å². The van der Waals surface area contributed by atoms with Crippen LogP contribution in [-0.4, -0.2) is 0 Å². The molecule has 0 N–H and O–H groups in total. The highest BCUT2D eigenvalue weighted by molar-refractivity contribution is 7.26. The van der Waals surface area contributed by atoms with Crippen molar-refractivity contribution in [3.63, 3.8) is 0 Å². The van der Waals surface area contributed by atoms with Crippen LogP contribution in [0.15, 0.2) is 494 Å². The van der Waals surface area contributed by atoms with E-state index in [0.717, 1.165) is 60.6 Å². The number of hydrogen-bond acceptors (Lipinski definition) is 4. The fourth-order valence-corrected chi connectivity index (χ4v) is 24.4. The maximum Gasteiger partial charge on any atom is 0.143 e. The van der Waals surface area contributed by atoms with Gasteiger partial charge in [-0.25, -0.2) is 0 Å². The monoisotopic (exact) mass is 1760 g/mol. The zero-order valence-electron chi connectivity index (χ0n) is 73.8. The molecule has 0 saturated carbocycles. The van der Waals surface area contributed by atoms with Gasteiger partial charge in [0.25, 0.3) is 0 Å². The molecule has 0 atom stereocenters. The van der Waals surface area contributed by atoms with Gasteiger partial charge in [0.05, 0.1) is 0 Å². The molecular formula is C132H80O2S2. The average Bonchev–Trinajstić information content (AvgIpc) is 1.30. The van der Waals surface area contributed by atoms with Crippen molar-refractivity contribution in [2.45, 2.75) is 0 Å². The first-order valence-electron chi connectivity index (χ1n) is 46.6. The summed E-state index contributed by atoms with van der Waals surface area (Å²) in [4.78, 5) is 0. The van der Waals surface area contributed by atoms with E-state index in [1.807, 2.05) is 46.9 Å². The minimum absolute atomic E-state index is 0.926. The third-order valence-electron chi connectivity index (χ3n) is 28.2. The smallest absolute Gasteiger partial charge is 0.143 e. The molecule has 0 saturated heterocycles. The lowest BCUT2D eigenvalue weighted by Crippen LogP contribution is -1.86. The van der Waals surface area contributed by atoms with E-state index in [2.05, 4.69) is 461 Å². The van der Waals surface area contributed by atoms with Crippen LogP contribution in [0.25, 0.3) is 280 Å². The van der Waals surface area contributed by atoms with E-state index in [0.29, 0.717) is 0 Å². The van der Waals surface area contributed by atoms with Gasteiger partial charge < -0.3 is 8.83 Å². The van der Waals surface area contributed by atoms with E-state index in [1.54, 1.807) is 0 Å². The fourth-order valence-electron chi connectivity index (χ4n) is 22.0. The van der Waals surface area contributed by atoms with Crippen LogP contribution < -0.4 is 0 Å². The van der Waals surface area contributed by atoms with E-state index in [4.69, 9.17) is 8.83 Å². The molecule has 0 bridgehead atoms. The van der Waals surface area contributed by atoms with Gasteiger partial charge >= 0.3 is 0 Å². The van der Waals surface area contributed by atoms with Crippen molar-refractivity contribution in [2.75, 3.05) is 0 Å². The molecule has 0 fully saturated rings. The maximum atomic E-state index is 6.33. The summed E-state index contributed by atoms with van der Waals surface area (Å²) >= 11 is 3.78. The van der Waals surface area contributed by atoms with Gasteiger partial charge in [-0.15, -0.1) is 22.7 Å². The number of benzene rings is 26. The molecule has 26 aromatic carbocycles. The van der Waals surface area contributed by atoms with E-state index >= 15 is 0 Å². The number of rotatable bonds is 6. The highest BCUT2D eigenvalue weighted by Gasteiger charge is 2.22. The van der Waals surface area contributed by atoms with Gasteiger partial charge in [0.15, 0.2) is 0 Å². The van der Waals surface area contributed by atoms with Gasteiger partial charge in [0, 0.05) is 73.0 Å². The first-order chi connectivity index (χ1) is 67.5. The third-order valence-corrected chi connectivity index (χ3v) is 30.7. The first kappa shape index (κ1) is 78.7. The quantitative estimate of drug-likeness (QED) is 0.155. The molecule has 30 rings (SSSR count). The largest absolute Gasteiger partial charge is 0.455 e. The van der Waals surface area contributed by atoms with E-state index in [-0.39, 0.29) is 0 Å². The number of furan rings is 2. The summed E-state index contributed by atoms with van der Waals surface area (Å²) in [5, 5.41) is 41.3. The molecule has 0 aliphatic rings. The highest BCUT2D eigenvalue weighted by Crippen LogP contribution is 2.49. The zero-order chi connectivity index (χ0) is 89.4. The van der Waals surface area contributed by atoms with Crippen molar-refractivity contribution >= 4 is 236 Å². The van der Waals surface area contributed by atoms with Crippen molar-refractivity contribution in [2.24, 2.45) is 0 Å². The van der Waals surface area contributed by atoms with Gasteiger partial charge in [0.1, 0.15) is 22.3 Å².